The van der Waals surface area contributed by atoms with Crippen molar-refractivity contribution in [2.75, 3.05) is 24.3 Å². The van der Waals surface area contributed by atoms with Gasteiger partial charge in [-0.1, -0.05) is 24.3 Å². The third kappa shape index (κ3) is 5.01. The fourth-order valence-electron chi connectivity index (χ4n) is 2.44. The number of nitrogens with one attached hydrogen (secondary N) is 2. The van der Waals surface area contributed by atoms with Crippen LogP contribution in [0, 0.1) is 5.82 Å². The van der Waals surface area contributed by atoms with E-state index in [1.54, 1.807) is 19.2 Å². The fraction of sp³-hybridized carbons (Fsp3) is 0.150. The first kappa shape index (κ1) is 18.3. The highest BCUT2D eigenvalue weighted by atomic mass is 19.1. The lowest BCUT2D eigenvalue weighted by Gasteiger charge is -2.08. The van der Waals surface area contributed by atoms with Gasteiger partial charge in [0, 0.05) is 18.9 Å². The number of amides is 1. The van der Waals surface area contributed by atoms with E-state index in [9.17, 15) is 9.18 Å². The van der Waals surface area contributed by atoms with E-state index in [-0.39, 0.29) is 11.3 Å². The second kappa shape index (κ2) is 8.75. The van der Waals surface area contributed by atoms with Crippen LogP contribution in [0.15, 0.2) is 60.9 Å². The van der Waals surface area contributed by atoms with Crippen LogP contribution in [-0.2, 0) is 6.42 Å². The first-order valence-electron chi connectivity index (χ1n) is 8.40. The zero-order valence-electron chi connectivity index (χ0n) is 14.8. The summed E-state index contributed by atoms with van der Waals surface area (Å²) < 4.78 is 18.8. The van der Waals surface area contributed by atoms with E-state index >= 15 is 0 Å². The Hall–Kier alpha value is -3.48. The number of para-hydroxylation sites is 1. The van der Waals surface area contributed by atoms with Gasteiger partial charge in [-0.25, -0.2) is 14.4 Å². The Morgan fingerprint density at radius 1 is 1.11 bits per heavy atom. The van der Waals surface area contributed by atoms with Crippen LogP contribution in [0.4, 0.5) is 16.0 Å². The molecular formula is C20H19FN4O2. The predicted octanol–water partition coefficient (Wildman–Crippen LogP) is 3.53. The van der Waals surface area contributed by atoms with Crippen LogP contribution in [0.1, 0.15) is 15.9 Å². The Morgan fingerprint density at radius 3 is 2.63 bits per heavy atom. The molecule has 27 heavy (non-hydrogen) atoms. The minimum absolute atomic E-state index is 0.114. The van der Waals surface area contributed by atoms with Crippen molar-refractivity contribution in [1.82, 2.24) is 9.97 Å². The molecule has 0 spiro atoms. The standard InChI is InChI=1S/C20H19FN4O2/c1-27-16-6-4-5-14(11-16)9-10-22-20-23-12-15(13-24-20)19(26)25-18-8-3-2-7-17(18)21/h2-8,11-13H,9-10H2,1H3,(H,25,26)(H,22,23,24). The maximum atomic E-state index is 13.6. The lowest BCUT2D eigenvalue weighted by molar-refractivity contribution is 0.102. The van der Waals surface area contributed by atoms with E-state index in [1.165, 1.54) is 24.5 Å². The van der Waals surface area contributed by atoms with Crippen molar-refractivity contribution in [3.8, 4) is 5.75 Å². The van der Waals surface area contributed by atoms with Crippen molar-refractivity contribution >= 4 is 17.5 Å². The van der Waals surface area contributed by atoms with Gasteiger partial charge in [0.1, 0.15) is 11.6 Å². The van der Waals surface area contributed by atoms with Gasteiger partial charge in [-0.3, -0.25) is 4.79 Å². The second-order valence-corrected chi connectivity index (χ2v) is 5.76. The van der Waals surface area contributed by atoms with Crippen molar-refractivity contribution in [2.24, 2.45) is 0 Å². The molecule has 1 heterocycles. The summed E-state index contributed by atoms with van der Waals surface area (Å²) in [6, 6.07) is 13.8. The maximum absolute atomic E-state index is 13.6. The van der Waals surface area contributed by atoms with E-state index in [1.807, 2.05) is 24.3 Å². The average molecular weight is 366 g/mol. The quantitative estimate of drug-likeness (QED) is 0.669. The molecule has 6 nitrogen and oxygen atoms in total. The number of carbonyl (C=O) groups is 1. The molecule has 0 bridgehead atoms. The van der Waals surface area contributed by atoms with Crippen molar-refractivity contribution in [1.29, 1.82) is 0 Å². The van der Waals surface area contributed by atoms with Gasteiger partial charge >= 0.3 is 0 Å². The highest BCUT2D eigenvalue weighted by Gasteiger charge is 2.10. The number of ether oxygens (including phenoxy) is 1. The molecule has 0 fully saturated rings. The summed E-state index contributed by atoms with van der Waals surface area (Å²) in [6.45, 7) is 0.633. The van der Waals surface area contributed by atoms with Crippen LogP contribution < -0.4 is 15.4 Å². The van der Waals surface area contributed by atoms with Gasteiger partial charge < -0.3 is 15.4 Å². The molecule has 1 aromatic heterocycles. The Morgan fingerprint density at radius 2 is 1.89 bits per heavy atom. The molecule has 0 atom stereocenters. The first-order valence-corrected chi connectivity index (χ1v) is 8.40. The Kier molecular flexibility index (Phi) is 5.94. The van der Waals surface area contributed by atoms with Crippen LogP contribution in [-0.4, -0.2) is 29.5 Å². The van der Waals surface area contributed by atoms with E-state index in [0.717, 1.165) is 17.7 Å². The number of carbonyl (C=O) groups excluding carboxylic acids is 1. The number of anilines is 2. The van der Waals surface area contributed by atoms with E-state index in [4.69, 9.17) is 4.74 Å². The fourth-order valence-corrected chi connectivity index (χ4v) is 2.44. The van der Waals surface area contributed by atoms with Gasteiger partial charge in [-0.05, 0) is 36.2 Å². The Balaban J connectivity index is 1.53. The lowest BCUT2D eigenvalue weighted by Crippen LogP contribution is -2.14. The van der Waals surface area contributed by atoms with Gasteiger partial charge in [-0.2, -0.15) is 0 Å². The largest absolute Gasteiger partial charge is 0.497 e. The molecule has 0 aliphatic carbocycles. The van der Waals surface area contributed by atoms with Crippen molar-refractivity contribution in [3.05, 3.63) is 77.9 Å². The van der Waals surface area contributed by atoms with E-state index < -0.39 is 11.7 Å². The molecule has 2 aromatic carbocycles. The van der Waals surface area contributed by atoms with Crippen LogP contribution >= 0.6 is 0 Å². The number of aromatic nitrogens is 2. The van der Waals surface area contributed by atoms with E-state index in [0.29, 0.717) is 12.5 Å². The Labute approximate surface area is 156 Å². The number of hydrogen-bond donors (Lipinski definition) is 2. The summed E-state index contributed by atoms with van der Waals surface area (Å²) in [7, 11) is 1.63. The smallest absolute Gasteiger partial charge is 0.258 e. The second-order valence-electron chi connectivity index (χ2n) is 5.76. The molecule has 3 rings (SSSR count). The Bertz CT molecular complexity index is 916. The topological polar surface area (TPSA) is 76.1 Å². The number of benzene rings is 2. The van der Waals surface area contributed by atoms with Crippen molar-refractivity contribution < 1.29 is 13.9 Å². The summed E-state index contributed by atoms with van der Waals surface area (Å²) in [6.07, 6.45) is 3.57. The van der Waals surface area contributed by atoms with Crippen molar-refractivity contribution in [2.45, 2.75) is 6.42 Å². The van der Waals surface area contributed by atoms with Crippen LogP contribution in [0.2, 0.25) is 0 Å². The summed E-state index contributed by atoms with van der Waals surface area (Å²) in [5.74, 6) is 0.264. The third-order valence-electron chi connectivity index (χ3n) is 3.87. The number of halogens is 1. The number of rotatable bonds is 7. The molecule has 3 aromatic rings. The van der Waals surface area contributed by atoms with Crippen LogP contribution in [0.3, 0.4) is 0 Å². The van der Waals surface area contributed by atoms with Gasteiger partial charge in [0.15, 0.2) is 0 Å². The van der Waals surface area contributed by atoms with Gasteiger partial charge in [0.05, 0.1) is 18.4 Å². The molecule has 0 saturated carbocycles. The van der Waals surface area contributed by atoms with Crippen LogP contribution in [0.5, 0.6) is 5.75 Å². The molecule has 0 radical (unpaired) electrons. The zero-order chi connectivity index (χ0) is 19.1. The van der Waals surface area contributed by atoms with Gasteiger partial charge in [0.2, 0.25) is 5.95 Å². The normalized spacial score (nSPS) is 10.3. The summed E-state index contributed by atoms with van der Waals surface area (Å²) in [4.78, 5) is 20.4. The molecule has 0 saturated heterocycles. The van der Waals surface area contributed by atoms with Crippen molar-refractivity contribution in [3.63, 3.8) is 0 Å². The van der Waals surface area contributed by atoms with Crippen LogP contribution in [0.25, 0.3) is 0 Å². The molecule has 2 N–H and O–H groups in total. The molecular weight excluding hydrogens is 347 g/mol. The van der Waals surface area contributed by atoms with Gasteiger partial charge in [-0.15, -0.1) is 0 Å². The first-order chi connectivity index (χ1) is 13.2. The molecule has 1 amide bonds. The van der Waals surface area contributed by atoms with E-state index in [2.05, 4.69) is 20.6 Å². The monoisotopic (exact) mass is 366 g/mol. The average Bonchev–Trinajstić information content (AvgIpc) is 2.70. The lowest BCUT2D eigenvalue weighted by atomic mass is 10.1. The minimum Gasteiger partial charge on any atom is -0.497 e. The summed E-state index contributed by atoms with van der Waals surface area (Å²) in [5.41, 5.74) is 1.49. The zero-order valence-corrected chi connectivity index (χ0v) is 14.8. The maximum Gasteiger partial charge on any atom is 0.258 e. The predicted molar refractivity (Wildman–Crippen MR) is 102 cm³/mol. The third-order valence-corrected chi connectivity index (χ3v) is 3.87. The number of hydrogen-bond acceptors (Lipinski definition) is 5. The summed E-state index contributed by atoms with van der Waals surface area (Å²) in [5, 5.41) is 5.60. The number of nitrogens with zero attached hydrogens (tertiary/aromatic N) is 2. The molecule has 0 aliphatic heterocycles. The highest BCUT2D eigenvalue weighted by molar-refractivity contribution is 6.03. The minimum atomic E-state index is -0.498. The highest BCUT2D eigenvalue weighted by Crippen LogP contribution is 2.14. The summed E-state index contributed by atoms with van der Waals surface area (Å²) >= 11 is 0. The van der Waals surface area contributed by atoms with Gasteiger partial charge in [0.25, 0.3) is 5.91 Å². The number of methoxy groups -OCH3 is 1. The molecule has 138 valence electrons. The molecule has 7 heteroatoms. The molecule has 0 aliphatic rings. The SMILES string of the molecule is COc1cccc(CCNc2ncc(C(=O)Nc3ccccc3F)cn2)c1. The molecule has 0 unspecified atom stereocenters.